The van der Waals surface area contributed by atoms with Gasteiger partial charge in [0.05, 0.1) is 0 Å². The molecule has 0 heterocycles. The number of nitrogens with one attached hydrogen (secondary N) is 1. The van der Waals surface area contributed by atoms with Gasteiger partial charge in [0.1, 0.15) is 11.5 Å². The maximum Gasteiger partial charge on any atom is 0.127 e. The second kappa shape index (κ2) is 5.68. The Bertz CT molecular complexity index is 589. The normalized spacial score (nSPS) is 14.9. The molecule has 104 valence electrons. The monoisotopic (exact) mass is 267 g/mol. The van der Waals surface area contributed by atoms with E-state index >= 15 is 0 Å². The van der Waals surface area contributed by atoms with E-state index in [1.807, 2.05) is 19.2 Å². The number of hydrogen-bond donors (Lipinski definition) is 1. The number of aryl methyl sites for hydroxylation is 2. The third-order valence-corrected chi connectivity index (χ3v) is 4.12. The molecule has 1 aliphatic carbocycles. The highest BCUT2D eigenvalue weighted by atomic mass is 16.5. The average Bonchev–Trinajstić information content (AvgIpc) is 2.95. The van der Waals surface area contributed by atoms with Gasteiger partial charge in [0.2, 0.25) is 0 Å². The van der Waals surface area contributed by atoms with Crippen LogP contribution in [-0.2, 0) is 12.8 Å². The summed E-state index contributed by atoms with van der Waals surface area (Å²) in [6, 6.07) is 15.1. The molecule has 1 atom stereocenters. The van der Waals surface area contributed by atoms with Crippen LogP contribution in [0, 0.1) is 0 Å². The fourth-order valence-corrected chi connectivity index (χ4v) is 2.74. The highest BCUT2D eigenvalue weighted by molar-refractivity contribution is 5.41. The van der Waals surface area contributed by atoms with Crippen molar-refractivity contribution in [2.75, 3.05) is 7.05 Å². The van der Waals surface area contributed by atoms with Gasteiger partial charge in [0.15, 0.2) is 0 Å². The predicted molar refractivity (Wildman–Crippen MR) is 82.5 cm³/mol. The summed E-state index contributed by atoms with van der Waals surface area (Å²) in [5, 5.41) is 3.24. The fraction of sp³-hybridized carbons (Fsp3) is 0.333. The molecule has 0 aliphatic heterocycles. The van der Waals surface area contributed by atoms with Gasteiger partial charge in [-0.1, -0.05) is 18.2 Å². The van der Waals surface area contributed by atoms with Crippen LogP contribution in [0.5, 0.6) is 11.5 Å². The predicted octanol–water partition coefficient (Wildman–Crippen LogP) is 4.25. The smallest absolute Gasteiger partial charge is 0.127 e. The number of benzene rings is 2. The first-order valence-corrected chi connectivity index (χ1v) is 7.33. The van der Waals surface area contributed by atoms with E-state index in [1.165, 1.54) is 36.0 Å². The van der Waals surface area contributed by atoms with E-state index in [4.69, 9.17) is 4.74 Å². The van der Waals surface area contributed by atoms with E-state index < -0.39 is 0 Å². The molecular formula is C18H21NO. The van der Waals surface area contributed by atoms with Gasteiger partial charge in [0.25, 0.3) is 0 Å². The summed E-state index contributed by atoms with van der Waals surface area (Å²) in [5.74, 6) is 1.84. The van der Waals surface area contributed by atoms with Crippen LogP contribution in [0.4, 0.5) is 0 Å². The Labute approximate surface area is 120 Å². The van der Waals surface area contributed by atoms with Gasteiger partial charge in [-0.15, -0.1) is 0 Å². The molecule has 2 aromatic rings. The van der Waals surface area contributed by atoms with Gasteiger partial charge in [-0.2, -0.15) is 0 Å². The summed E-state index contributed by atoms with van der Waals surface area (Å²) in [6.07, 6.45) is 3.67. The topological polar surface area (TPSA) is 21.3 Å². The van der Waals surface area contributed by atoms with Crippen LogP contribution in [0.25, 0.3) is 0 Å². The van der Waals surface area contributed by atoms with Crippen LogP contribution in [0.15, 0.2) is 42.5 Å². The Balaban J connectivity index is 1.74. The number of ether oxygens (including phenoxy) is 1. The molecular weight excluding hydrogens is 246 g/mol. The Morgan fingerprint density at radius 1 is 0.950 bits per heavy atom. The molecule has 0 bridgehead atoms. The lowest BCUT2D eigenvalue weighted by molar-refractivity contribution is 0.481. The van der Waals surface area contributed by atoms with E-state index in [2.05, 4.69) is 42.6 Å². The third-order valence-electron chi connectivity index (χ3n) is 4.12. The second-order valence-corrected chi connectivity index (χ2v) is 5.47. The molecule has 0 spiro atoms. The largest absolute Gasteiger partial charge is 0.457 e. The molecule has 0 saturated heterocycles. The van der Waals surface area contributed by atoms with Crippen molar-refractivity contribution in [3.05, 3.63) is 59.2 Å². The quantitative estimate of drug-likeness (QED) is 0.894. The van der Waals surface area contributed by atoms with Crippen molar-refractivity contribution in [2.24, 2.45) is 0 Å². The lowest BCUT2D eigenvalue weighted by Crippen LogP contribution is -2.11. The third kappa shape index (κ3) is 2.70. The molecule has 0 amide bonds. The first-order valence-electron chi connectivity index (χ1n) is 7.33. The van der Waals surface area contributed by atoms with E-state index in [9.17, 15) is 0 Å². The Morgan fingerprint density at radius 2 is 1.65 bits per heavy atom. The van der Waals surface area contributed by atoms with Crippen LogP contribution in [-0.4, -0.2) is 7.05 Å². The standard InChI is InChI=1S/C18H21NO/c1-13(19-2)14-6-9-17(10-7-14)20-18-11-8-15-4-3-5-16(15)12-18/h6-13,19H,3-5H2,1-2H3. The van der Waals surface area contributed by atoms with E-state index in [0.717, 1.165) is 11.5 Å². The lowest BCUT2D eigenvalue weighted by Gasteiger charge is -2.12. The molecule has 0 aromatic heterocycles. The first-order chi connectivity index (χ1) is 9.76. The fourth-order valence-electron chi connectivity index (χ4n) is 2.74. The zero-order valence-electron chi connectivity index (χ0n) is 12.1. The molecule has 1 aliphatic rings. The molecule has 1 unspecified atom stereocenters. The maximum atomic E-state index is 5.95. The summed E-state index contributed by atoms with van der Waals surface area (Å²) in [6.45, 7) is 2.15. The van der Waals surface area contributed by atoms with Crippen LogP contribution in [0.1, 0.15) is 36.1 Å². The van der Waals surface area contributed by atoms with Gasteiger partial charge in [-0.05, 0) is 74.2 Å². The zero-order valence-corrected chi connectivity index (χ0v) is 12.1. The minimum atomic E-state index is 0.365. The minimum absolute atomic E-state index is 0.365. The maximum absolute atomic E-state index is 5.95. The Morgan fingerprint density at radius 3 is 2.40 bits per heavy atom. The van der Waals surface area contributed by atoms with Crippen molar-refractivity contribution in [3.8, 4) is 11.5 Å². The number of fused-ring (bicyclic) bond motifs is 1. The van der Waals surface area contributed by atoms with Crippen molar-refractivity contribution < 1.29 is 4.74 Å². The lowest BCUT2D eigenvalue weighted by atomic mass is 10.1. The first kappa shape index (κ1) is 13.2. The zero-order chi connectivity index (χ0) is 13.9. The molecule has 2 aromatic carbocycles. The molecule has 2 nitrogen and oxygen atoms in total. The Hall–Kier alpha value is -1.80. The molecule has 3 rings (SSSR count). The molecule has 1 N–H and O–H groups in total. The van der Waals surface area contributed by atoms with Crippen LogP contribution in [0.3, 0.4) is 0 Å². The van der Waals surface area contributed by atoms with Gasteiger partial charge in [0, 0.05) is 6.04 Å². The molecule has 20 heavy (non-hydrogen) atoms. The average molecular weight is 267 g/mol. The van der Waals surface area contributed by atoms with E-state index in [1.54, 1.807) is 0 Å². The summed E-state index contributed by atoms with van der Waals surface area (Å²) in [4.78, 5) is 0. The minimum Gasteiger partial charge on any atom is -0.457 e. The van der Waals surface area contributed by atoms with Crippen molar-refractivity contribution in [2.45, 2.75) is 32.2 Å². The van der Waals surface area contributed by atoms with E-state index in [0.29, 0.717) is 6.04 Å². The molecule has 2 heteroatoms. The summed E-state index contributed by atoms with van der Waals surface area (Å²) < 4.78 is 5.95. The van der Waals surface area contributed by atoms with Gasteiger partial charge in [-0.25, -0.2) is 0 Å². The number of rotatable bonds is 4. The summed E-state index contributed by atoms with van der Waals surface area (Å²) in [7, 11) is 1.97. The molecule has 0 fully saturated rings. The Kier molecular flexibility index (Phi) is 3.75. The van der Waals surface area contributed by atoms with Gasteiger partial charge >= 0.3 is 0 Å². The van der Waals surface area contributed by atoms with Gasteiger partial charge in [-0.3, -0.25) is 0 Å². The molecule has 0 saturated carbocycles. The van der Waals surface area contributed by atoms with Crippen LogP contribution >= 0.6 is 0 Å². The van der Waals surface area contributed by atoms with Crippen molar-refractivity contribution in [1.29, 1.82) is 0 Å². The van der Waals surface area contributed by atoms with Crippen LogP contribution < -0.4 is 10.1 Å². The van der Waals surface area contributed by atoms with Crippen molar-refractivity contribution in [3.63, 3.8) is 0 Å². The second-order valence-electron chi connectivity index (χ2n) is 5.47. The van der Waals surface area contributed by atoms with Gasteiger partial charge < -0.3 is 10.1 Å². The van der Waals surface area contributed by atoms with Crippen molar-refractivity contribution >= 4 is 0 Å². The van der Waals surface area contributed by atoms with E-state index in [-0.39, 0.29) is 0 Å². The SMILES string of the molecule is CNC(C)c1ccc(Oc2ccc3c(c2)CCC3)cc1. The van der Waals surface area contributed by atoms with Crippen molar-refractivity contribution in [1.82, 2.24) is 5.32 Å². The highest BCUT2D eigenvalue weighted by Gasteiger charge is 2.11. The summed E-state index contributed by atoms with van der Waals surface area (Å²) >= 11 is 0. The highest BCUT2D eigenvalue weighted by Crippen LogP contribution is 2.29. The summed E-state index contributed by atoms with van der Waals surface area (Å²) in [5.41, 5.74) is 4.20. The number of hydrogen-bond acceptors (Lipinski definition) is 2. The molecule has 0 radical (unpaired) electrons. The van der Waals surface area contributed by atoms with Crippen LogP contribution in [0.2, 0.25) is 0 Å².